The number of carbonyl (C=O) groups excluding carboxylic acids is 1. The van der Waals surface area contributed by atoms with E-state index < -0.39 is 118 Å². The van der Waals surface area contributed by atoms with E-state index in [4.69, 9.17) is 23.7 Å². The summed E-state index contributed by atoms with van der Waals surface area (Å²) in [4.78, 5) is 11.6. The Morgan fingerprint density at radius 1 is 0.649 bits per heavy atom. The third-order valence-corrected chi connectivity index (χ3v) is 6.49. The molecule has 0 aliphatic carbocycles. The van der Waals surface area contributed by atoms with Crippen molar-refractivity contribution in [1.29, 1.82) is 0 Å². The molecule has 3 aliphatic heterocycles. The molecule has 6 unspecified atom stereocenters. The SMILES string of the molecule is CC(=O)NC1[C@H](O[C@H]2C(CO)OC(O[C@@H]3C(CO)O[C@@H](O)C(O)[C@H]3O)[C@@H](O)[C@H]2O)OC(CO)[C@H](O)[C@@H]1O. The lowest BCUT2D eigenvalue weighted by Crippen LogP contribution is -2.68. The quantitative estimate of drug-likeness (QED) is 0.135. The maximum absolute atomic E-state index is 11.6. The molecular weight excluding hydrogens is 510 g/mol. The number of rotatable bonds is 8. The summed E-state index contributed by atoms with van der Waals surface area (Å²) in [5.74, 6) is -0.637. The summed E-state index contributed by atoms with van der Waals surface area (Å²) in [5.41, 5.74) is 0. The fraction of sp³-hybridized carbons (Fsp3) is 0.950. The predicted octanol–water partition coefficient (Wildman–Crippen LogP) is -7.43. The van der Waals surface area contributed by atoms with E-state index in [-0.39, 0.29) is 0 Å². The third-order valence-electron chi connectivity index (χ3n) is 6.49. The van der Waals surface area contributed by atoms with Crippen molar-refractivity contribution in [1.82, 2.24) is 5.32 Å². The van der Waals surface area contributed by atoms with E-state index in [1.54, 1.807) is 0 Å². The van der Waals surface area contributed by atoms with Crippen LogP contribution in [0.15, 0.2) is 0 Å². The molecule has 0 bridgehead atoms. The maximum Gasteiger partial charge on any atom is 0.217 e. The van der Waals surface area contributed by atoms with Gasteiger partial charge in [0.05, 0.1) is 19.8 Å². The molecule has 0 aromatic heterocycles. The van der Waals surface area contributed by atoms with Gasteiger partial charge in [0.1, 0.15) is 73.2 Å². The van der Waals surface area contributed by atoms with Crippen LogP contribution in [0.25, 0.3) is 0 Å². The molecule has 216 valence electrons. The van der Waals surface area contributed by atoms with Crippen LogP contribution in [0.2, 0.25) is 0 Å². The standard InChI is InChI=1S/C20H35NO16/c1-5(25)21-9-11(27)10(26)6(2-22)34-19(9)36-17-8(4-24)35-20(15(31)13(17)29)37-16-7(3-23)33-18(32)14(30)12(16)28/h6-20,22-24,26-32H,2-4H2,1H3,(H,21,25)/t6?,7?,8?,9?,10-,11+,12+,13+,14?,15-,16+,17-,18+,19-,20?/m0/s1. The molecule has 0 aromatic carbocycles. The number of hydrogen-bond donors (Lipinski definition) is 11. The number of aliphatic hydroxyl groups is 10. The van der Waals surface area contributed by atoms with Crippen molar-refractivity contribution < 1.29 is 79.5 Å². The van der Waals surface area contributed by atoms with Crippen molar-refractivity contribution in [3.05, 3.63) is 0 Å². The smallest absolute Gasteiger partial charge is 0.217 e. The van der Waals surface area contributed by atoms with Gasteiger partial charge in [-0.1, -0.05) is 0 Å². The zero-order valence-corrected chi connectivity index (χ0v) is 19.7. The van der Waals surface area contributed by atoms with Crippen LogP contribution in [0.4, 0.5) is 0 Å². The van der Waals surface area contributed by atoms with E-state index in [0.29, 0.717) is 0 Å². The van der Waals surface area contributed by atoms with Crippen LogP contribution < -0.4 is 5.32 Å². The first-order valence-electron chi connectivity index (χ1n) is 11.6. The maximum atomic E-state index is 11.6. The predicted molar refractivity (Wildman–Crippen MR) is 113 cm³/mol. The Morgan fingerprint density at radius 2 is 1.14 bits per heavy atom. The van der Waals surface area contributed by atoms with Crippen LogP contribution in [0.3, 0.4) is 0 Å². The lowest BCUT2D eigenvalue weighted by atomic mass is 9.95. The van der Waals surface area contributed by atoms with Gasteiger partial charge in [0.15, 0.2) is 18.9 Å². The molecule has 3 fully saturated rings. The Kier molecular flexibility index (Phi) is 10.5. The van der Waals surface area contributed by atoms with Gasteiger partial charge < -0.3 is 80.1 Å². The first-order valence-corrected chi connectivity index (χ1v) is 11.6. The summed E-state index contributed by atoms with van der Waals surface area (Å²) >= 11 is 0. The fourth-order valence-corrected chi connectivity index (χ4v) is 4.46. The van der Waals surface area contributed by atoms with Crippen molar-refractivity contribution in [2.24, 2.45) is 0 Å². The Bertz CT molecular complexity index is 743. The summed E-state index contributed by atoms with van der Waals surface area (Å²) in [5, 5.41) is 103. The highest BCUT2D eigenvalue weighted by atomic mass is 16.7. The topological polar surface area (TPSA) is 278 Å². The van der Waals surface area contributed by atoms with E-state index in [2.05, 4.69) is 5.32 Å². The zero-order valence-electron chi connectivity index (χ0n) is 19.7. The van der Waals surface area contributed by atoms with Gasteiger partial charge in [0.25, 0.3) is 0 Å². The van der Waals surface area contributed by atoms with Crippen LogP contribution >= 0.6 is 0 Å². The molecule has 3 rings (SSSR count). The largest absolute Gasteiger partial charge is 0.394 e. The van der Waals surface area contributed by atoms with E-state index in [9.17, 15) is 55.9 Å². The summed E-state index contributed by atoms with van der Waals surface area (Å²) < 4.78 is 27.0. The molecule has 17 nitrogen and oxygen atoms in total. The lowest BCUT2D eigenvalue weighted by molar-refractivity contribution is -0.372. The zero-order chi connectivity index (χ0) is 27.6. The number of nitrogens with one attached hydrogen (secondary N) is 1. The van der Waals surface area contributed by atoms with Crippen LogP contribution in [-0.4, -0.2) is 169 Å². The van der Waals surface area contributed by atoms with E-state index in [1.807, 2.05) is 0 Å². The normalized spacial score (nSPS) is 49.0. The number of aliphatic hydroxyl groups excluding tert-OH is 10. The minimum Gasteiger partial charge on any atom is -0.394 e. The van der Waals surface area contributed by atoms with Gasteiger partial charge in [-0.15, -0.1) is 0 Å². The van der Waals surface area contributed by atoms with Crippen LogP contribution in [0.5, 0.6) is 0 Å². The van der Waals surface area contributed by atoms with Crippen LogP contribution in [0.1, 0.15) is 6.92 Å². The lowest BCUT2D eigenvalue weighted by Gasteiger charge is -2.48. The fourth-order valence-electron chi connectivity index (χ4n) is 4.46. The monoisotopic (exact) mass is 545 g/mol. The average Bonchev–Trinajstić information content (AvgIpc) is 2.87. The van der Waals surface area contributed by atoms with Crippen molar-refractivity contribution in [3.63, 3.8) is 0 Å². The average molecular weight is 545 g/mol. The first kappa shape index (κ1) is 30.4. The Morgan fingerprint density at radius 3 is 1.68 bits per heavy atom. The van der Waals surface area contributed by atoms with Gasteiger partial charge in [0.2, 0.25) is 5.91 Å². The highest BCUT2D eigenvalue weighted by Crippen LogP contribution is 2.32. The molecule has 11 N–H and O–H groups in total. The minimum absolute atomic E-state index is 0.637. The summed E-state index contributed by atoms with van der Waals surface area (Å²) in [7, 11) is 0. The molecule has 0 spiro atoms. The Hall–Kier alpha value is -1.13. The highest BCUT2D eigenvalue weighted by Gasteiger charge is 2.53. The Labute approximate surface area is 210 Å². The molecule has 3 heterocycles. The number of amides is 1. The van der Waals surface area contributed by atoms with Gasteiger partial charge >= 0.3 is 0 Å². The molecule has 0 saturated carbocycles. The molecule has 3 saturated heterocycles. The summed E-state index contributed by atoms with van der Waals surface area (Å²) in [6, 6.07) is -1.39. The third kappa shape index (κ3) is 6.38. The summed E-state index contributed by atoms with van der Waals surface area (Å²) in [6.07, 6.45) is -23.1. The second kappa shape index (κ2) is 12.8. The van der Waals surface area contributed by atoms with Crippen LogP contribution in [0, 0.1) is 0 Å². The number of carbonyl (C=O) groups is 1. The number of hydrogen-bond acceptors (Lipinski definition) is 16. The Balaban J connectivity index is 1.77. The molecule has 3 aliphatic rings. The molecule has 1 amide bonds. The van der Waals surface area contributed by atoms with Crippen molar-refractivity contribution >= 4 is 5.91 Å². The minimum atomic E-state index is -1.92. The molecular formula is C20H35NO16. The molecule has 0 radical (unpaired) electrons. The first-order chi connectivity index (χ1) is 17.4. The van der Waals surface area contributed by atoms with E-state index in [1.165, 1.54) is 0 Å². The summed E-state index contributed by atoms with van der Waals surface area (Å²) in [6.45, 7) is -1.21. The van der Waals surface area contributed by atoms with E-state index in [0.717, 1.165) is 6.92 Å². The highest BCUT2D eigenvalue weighted by molar-refractivity contribution is 5.73. The number of ether oxygens (including phenoxy) is 5. The van der Waals surface area contributed by atoms with Gasteiger partial charge in [-0.2, -0.15) is 0 Å². The van der Waals surface area contributed by atoms with Gasteiger partial charge in [-0.05, 0) is 0 Å². The molecule has 0 aromatic rings. The second-order valence-corrected chi connectivity index (χ2v) is 9.07. The molecule has 15 atom stereocenters. The van der Waals surface area contributed by atoms with Gasteiger partial charge in [-0.25, -0.2) is 0 Å². The van der Waals surface area contributed by atoms with Crippen molar-refractivity contribution in [2.45, 2.75) is 99.0 Å². The second-order valence-electron chi connectivity index (χ2n) is 9.07. The van der Waals surface area contributed by atoms with Crippen molar-refractivity contribution in [3.8, 4) is 0 Å². The van der Waals surface area contributed by atoms with E-state index >= 15 is 0 Å². The van der Waals surface area contributed by atoms with Gasteiger partial charge in [-0.3, -0.25) is 4.79 Å². The van der Waals surface area contributed by atoms with Crippen molar-refractivity contribution in [2.75, 3.05) is 19.8 Å². The molecule has 17 heteroatoms. The van der Waals surface area contributed by atoms with Crippen LogP contribution in [-0.2, 0) is 28.5 Å². The van der Waals surface area contributed by atoms with Gasteiger partial charge in [0, 0.05) is 6.92 Å². The molecule has 37 heavy (non-hydrogen) atoms.